The smallest absolute Gasteiger partial charge is 0.243 e. The highest BCUT2D eigenvalue weighted by molar-refractivity contribution is 8.00. The van der Waals surface area contributed by atoms with E-state index in [0.29, 0.717) is 18.0 Å². The second kappa shape index (κ2) is 13.4. The number of nitrogens with zero attached hydrogens (tertiary/aromatic N) is 1. The van der Waals surface area contributed by atoms with Crippen LogP contribution in [0.3, 0.4) is 0 Å². The van der Waals surface area contributed by atoms with Crippen molar-refractivity contribution >= 4 is 35.2 Å². The lowest BCUT2D eigenvalue weighted by Gasteiger charge is -2.32. The summed E-state index contributed by atoms with van der Waals surface area (Å²) < 4.78 is 0. The molecular weight excluding hydrogens is 476 g/mol. The fourth-order valence-electron chi connectivity index (χ4n) is 3.64. The van der Waals surface area contributed by atoms with Crippen LogP contribution in [0.5, 0.6) is 0 Å². The van der Waals surface area contributed by atoms with E-state index < -0.39 is 6.04 Å². The molecular formula is C29H33ClN2O2S. The van der Waals surface area contributed by atoms with Gasteiger partial charge >= 0.3 is 0 Å². The van der Waals surface area contributed by atoms with Crippen molar-refractivity contribution in [3.63, 3.8) is 0 Å². The standard InChI is InChI=1S/C29H33ClN2O2S/c1-4-22(3)31-29(34)27(18-23-8-6-5-7-9-23)32(19-24-12-14-25(30)15-13-24)28(33)20-35-26-16-10-21(2)11-17-26/h5-17,22,27H,4,18-20H2,1-3H3,(H,31,34)/t22-,27-/m1/s1. The topological polar surface area (TPSA) is 49.4 Å². The summed E-state index contributed by atoms with van der Waals surface area (Å²) >= 11 is 7.57. The van der Waals surface area contributed by atoms with Crippen molar-refractivity contribution in [2.45, 2.75) is 57.1 Å². The Morgan fingerprint density at radius 3 is 2.23 bits per heavy atom. The molecule has 0 aliphatic rings. The van der Waals surface area contributed by atoms with E-state index in [1.54, 1.807) is 4.90 Å². The molecule has 0 aromatic heterocycles. The number of rotatable bonds is 11. The Balaban J connectivity index is 1.89. The number of hydrogen-bond acceptors (Lipinski definition) is 3. The maximum absolute atomic E-state index is 13.6. The van der Waals surface area contributed by atoms with Crippen LogP contribution in [0.1, 0.15) is 37.0 Å². The molecule has 0 aliphatic heterocycles. The van der Waals surface area contributed by atoms with Crippen LogP contribution in [-0.4, -0.2) is 34.6 Å². The monoisotopic (exact) mass is 508 g/mol. The molecule has 0 unspecified atom stereocenters. The third kappa shape index (κ3) is 8.44. The molecule has 0 heterocycles. The summed E-state index contributed by atoms with van der Waals surface area (Å²) in [6.07, 6.45) is 1.26. The minimum Gasteiger partial charge on any atom is -0.352 e. The van der Waals surface area contributed by atoms with E-state index >= 15 is 0 Å². The van der Waals surface area contributed by atoms with Gasteiger partial charge < -0.3 is 10.2 Å². The quantitative estimate of drug-likeness (QED) is 0.309. The molecule has 3 aromatic carbocycles. The summed E-state index contributed by atoms with van der Waals surface area (Å²) in [5.74, 6) is 0.0371. The third-order valence-corrected chi connectivity index (χ3v) is 7.17. The molecule has 6 heteroatoms. The zero-order valence-electron chi connectivity index (χ0n) is 20.5. The first-order valence-corrected chi connectivity index (χ1v) is 13.3. The molecule has 0 radical (unpaired) electrons. The lowest BCUT2D eigenvalue weighted by atomic mass is 10.0. The maximum atomic E-state index is 13.6. The highest BCUT2D eigenvalue weighted by Crippen LogP contribution is 2.22. The van der Waals surface area contributed by atoms with Crippen LogP contribution >= 0.6 is 23.4 Å². The summed E-state index contributed by atoms with van der Waals surface area (Å²) in [4.78, 5) is 29.9. The van der Waals surface area contributed by atoms with Gasteiger partial charge in [-0.15, -0.1) is 11.8 Å². The Hall–Kier alpha value is -2.76. The van der Waals surface area contributed by atoms with Gasteiger partial charge in [0, 0.05) is 28.9 Å². The van der Waals surface area contributed by atoms with Gasteiger partial charge in [-0.1, -0.05) is 78.7 Å². The van der Waals surface area contributed by atoms with E-state index in [-0.39, 0.29) is 23.6 Å². The zero-order chi connectivity index (χ0) is 25.2. The molecule has 0 saturated heterocycles. The SMILES string of the molecule is CC[C@@H](C)NC(=O)[C@@H](Cc1ccccc1)N(Cc1ccc(Cl)cc1)C(=O)CSc1ccc(C)cc1. The number of carbonyl (C=O) groups is 2. The van der Waals surface area contributed by atoms with Crippen LogP contribution in [0.4, 0.5) is 0 Å². The van der Waals surface area contributed by atoms with Gasteiger partial charge in [-0.05, 0) is 55.7 Å². The first-order chi connectivity index (χ1) is 16.9. The molecule has 0 saturated carbocycles. The number of amides is 2. The van der Waals surface area contributed by atoms with Gasteiger partial charge in [0.1, 0.15) is 6.04 Å². The molecule has 1 N–H and O–H groups in total. The second-order valence-electron chi connectivity index (χ2n) is 8.77. The summed E-state index contributed by atoms with van der Waals surface area (Å²) in [5, 5.41) is 3.74. The Bertz CT molecular complexity index is 1090. The van der Waals surface area contributed by atoms with Crippen molar-refractivity contribution in [1.82, 2.24) is 10.2 Å². The summed E-state index contributed by atoms with van der Waals surface area (Å²) in [7, 11) is 0. The normalized spacial score (nSPS) is 12.6. The number of halogens is 1. The van der Waals surface area contributed by atoms with Gasteiger partial charge in [0.15, 0.2) is 0 Å². The predicted molar refractivity (Wildman–Crippen MR) is 146 cm³/mol. The van der Waals surface area contributed by atoms with E-state index in [4.69, 9.17) is 11.6 Å². The van der Waals surface area contributed by atoms with Crippen molar-refractivity contribution in [1.29, 1.82) is 0 Å². The highest BCUT2D eigenvalue weighted by atomic mass is 35.5. The van der Waals surface area contributed by atoms with Crippen LogP contribution < -0.4 is 5.32 Å². The number of aryl methyl sites for hydroxylation is 1. The lowest BCUT2D eigenvalue weighted by molar-refractivity contribution is -0.139. The Morgan fingerprint density at radius 1 is 0.943 bits per heavy atom. The van der Waals surface area contributed by atoms with Crippen LogP contribution in [0.15, 0.2) is 83.8 Å². The average molecular weight is 509 g/mol. The summed E-state index contributed by atoms with van der Waals surface area (Å²) in [5.41, 5.74) is 3.11. The Morgan fingerprint density at radius 2 is 1.60 bits per heavy atom. The van der Waals surface area contributed by atoms with Crippen molar-refractivity contribution in [2.75, 3.05) is 5.75 Å². The fourth-order valence-corrected chi connectivity index (χ4v) is 4.55. The zero-order valence-corrected chi connectivity index (χ0v) is 22.1. The van der Waals surface area contributed by atoms with E-state index in [0.717, 1.165) is 22.4 Å². The van der Waals surface area contributed by atoms with Crippen LogP contribution in [0.25, 0.3) is 0 Å². The number of thioether (sulfide) groups is 1. The molecule has 0 fully saturated rings. The van der Waals surface area contributed by atoms with E-state index in [1.165, 1.54) is 17.3 Å². The maximum Gasteiger partial charge on any atom is 0.243 e. The minimum atomic E-state index is -0.631. The number of nitrogens with one attached hydrogen (secondary N) is 1. The lowest BCUT2D eigenvalue weighted by Crippen LogP contribution is -2.52. The number of carbonyl (C=O) groups excluding carboxylic acids is 2. The molecule has 3 aromatic rings. The largest absolute Gasteiger partial charge is 0.352 e. The van der Waals surface area contributed by atoms with Crippen LogP contribution in [0, 0.1) is 6.92 Å². The number of benzene rings is 3. The fraction of sp³-hybridized carbons (Fsp3) is 0.310. The van der Waals surface area contributed by atoms with Crippen molar-refractivity contribution in [3.8, 4) is 0 Å². The minimum absolute atomic E-state index is 0.0233. The van der Waals surface area contributed by atoms with Crippen LogP contribution in [-0.2, 0) is 22.6 Å². The third-order valence-electron chi connectivity index (χ3n) is 5.92. The predicted octanol–water partition coefficient (Wildman–Crippen LogP) is 6.30. The molecule has 184 valence electrons. The Kier molecular flexibility index (Phi) is 10.2. The second-order valence-corrected chi connectivity index (χ2v) is 10.3. The molecule has 4 nitrogen and oxygen atoms in total. The molecule has 35 heavy (non-hydrogen) atoms. The van der Waals surface area contributed by atoms with Crippen LogP contribution in [0.2, 0.25) is 5.02 Å². The molecule has 0 spiro atoms. The first kappa shape index (κ1) is 26.8. The van der Waals surface area contributed by atoms with Gasteiger partial charge in [-0.2, -0.15) is 0 Å². The molecule has 0 bridgehead atoms. The molecule has 0 aliphatic carbocycles. The summed E-state index contributed by atoms with van der Waals surface area (Å²) in [6.45, 7) is 6.38. The van der Waals surface area contributed by atoms with Crippen molar-refractivity contribution in [2.24, 2.45) is 0 Å². The average Bonchev–Trinajstić information content (AvgIpc) is 2.87. The molecule has 2 atom stereocenters. The van der Waals surface area contributed by atoms with E-state index in [9.17, 15) is 9.59 Å². The molecule has 2 amide bonds. The first-order valence-electron chi connectivity index (χ1n) is 11.9. The molecule has 3 rings (SSSR count). The number of hydrogen-bond donors (Lipinski definition) is 1. The van der Waals surface area contributed by atoms with Gasteiger partial charge in [-0.25, -0.2) is 0 Å². The van der Waals surface area contributed by atoms with Gasteiger partial charge in [0.2, 0.25) is 11.8 Å². The van der Waals surface area contributed by atoms with Gasteiger partial charge in [-0.3, -0.25) is 9.59 Å². The Labute approximate surface area is 218 Å². The van der Waals surface area contributed by atoms with E-state index in [2.05, 4.69) is 5.32 Å². The highest BCUT2D eigenvalue weighted by Gasteiger charge is 2.31. The van der Waals surface area contributed by atoms with Crippen molar-refractivity contribution in [3.05, 3.63) is 101 Å². The summed E-state index contributed by atoms with van der Waals surface area (Å²) in [6, 6.07) is 24.8. The van der Waals surface area contributed by atoms with Gasteiger partial charge in [0.25, 0.3) is 0 Å². The van der Waals surface area contributed by atoms with Gasteiger partial charge in [0.05, 0.1) is 5.75 Å². The van der Waals surface area contributed by atoms with Crippen molar-refractivity contribution < 1.29 is 9.59 Å². The van der Waals surface area contributed by atoms with E-state index in [1.807, 2.05) is 99.6 Å².